The van der Waals surface area contributed by atoms with E-state index >= 15 is 0 Å². The maximum absolute atomic E-state index is 5.45. The van der Waals surface area contributed by atoms with Crippen LogP contribution in [0.15, 0.2) is 35.6 Å². The average Bonchev–Trinajstić information content (AvgIpc) is 3.40. The molecule has 31 heavy (non-hydrogen) atoms. The van der Waals surface area contributed by atoms with Crippen LogP contribution < -0.4 is 14.8 Å². The van der Waals surface area contributed by atoms with Gasteiger partial charge in [0.15, 0.2) is 5.96 Å². The van der Waals surface area contributed by atoms with E-state index in [1.54, 1.807) is 14.2 Å². The number of hydrogen-bond acceptors (Lipinski definition) is 4. The summed E-state index contributed by atoms with van der Waals surface area (Å²) in [5, 5.41) is 3.45. The third kappa shape index (κ3) is 6.75. The fourth-order valence-electron chi connectivity index (χ4n) is 3.91. The first kappa shape index (κ1) is 25.3. The Kier molecular flexibility index (Phi) is 9.93. The lowest BCUT2D eigenvalue weighted by Gasteiger charge is -2.22. The number of methoxy groups -OCH3 is 2. The Morgan fingerprint density at radius 1 is 1.23 bits per heavy atom. The maximum atomic E-state index is 5.45. The molecular weight excluding hydrogens is 505 g/mol. The highest BCUT2D eigenvalue weighted by atomic mass is 127. The average molecular weight is 541 g/mol. The first-order valence-electron chi connectivity index (χ1n) is 10.8. The third-order valence-corrected chi connectivity index (χ3v) is 5.40. The van der Waals surface area contributed by atoms with Gasteiger partial charge in [0.05, 0.1) is 14.2 Å². The van der Waals surface area contributed by atoms with Crippen molar-refractivity contribution < 1.29 is 9.47 Å². The van der Waals surface area contributed by atoms with Crippen molar-refractivity contribution in [3.05, 3.63) is 42.0 Å². The predicted octanol–water partition coefficient (Wildman–Crippen LogP) is 4.13. The van der Waals surface area contributed by atoms with Gasteiger partial charge in [0.2, 0.25) is 0 Å². The summed E-state index contributed by atoms with van der Waals surface area (Å²) < 4.78 is 13.1. The normalized spacial score (nSPS) is 16.4. The van der Waals surface area contributed by atoms with Crippen LogP contribution in [0.25, 0.3) is 0 Å². The number of halogens is 1. The smallest absolute Gasteiger partial charge is 0.194 e. The van der Waals surface area contributed by atoms with Crippen molar-refractivity contribution in [2.75, 3.05) is 33.9 Å². The van der Waals surface area contributed by atoms with Crippen LogP contribution in [0, 0.1) is 5.92 Å². The molecule has 1 aromatic carbocycles. The molecule has 172 valence electrons. The number of aliphatic imine (C=N–C) groups is 1. The molecular formula is C23H36IN5O2. The van der Waals surface area contributed by atoms with Gasteiger partial charge < -0.3 is 24.3 Å². The summed E-state index contributed by atoms with van der Waals surface area (Å²) in [5.74, 6) is 4.62. The standard InChI is InChI=1S/C23H35N5O2.HI/c1-6-24-23(26-14-22-25-8-10-27(22)15-17(2)3)28-9-7-18(16-28)19-11-20(29-4)13-21(12-19)30-5;/h8,10-13,17-18H,6-7,9,14-16H2,1-5H3,(H,24,26);1H. The van der Waals surface area contributed by atoms with E-state index in [1.165, 1.54) is 5.56 Å². The van der Waals surface area contributed by atoms with Crippen LogP contribution >= 0.6 is 24.0 Å². The summed E-state index contributed by atoms with van der Waals surface area (Å²) in [7, 11) is 3.39. The highest BCUT2D eigenvalue weighted by molar-refractivity contribution is 14.0. The van der Waals surface area contributed by atoms with Crippen LogP contribution in [-0.4, -0.2) is 54.3 Å². The molecule has 7 nitrogen and oxygen atoms in total. The molecule has 0 spiro atoms. The second-order valence-corrected chi connectivity index (χ2v) is 8.14. The molecule has 1 aromatic heterocycles. The lowest BCUT2D eigenvalue weighted by Crippen LogP contribution is -2.40. The van der Waals surface area contributed by atoms with Gasteiger partial charge in [0.1, 0.15) is 23.9 Å². The molecule has 1 fully saturated rings. The number of aromatic nitrogens is 2. The zero-order chi connectivity index (χ0) is 21.5. The summed E-state index contributed by atoms with van der Waals surface area (Å²) in [6, 6.07) is 6.15. The van der Waals surface area contributed by atoms with Gasteiger partial charge in [0, 0.05) is 50.6 Å². The fourth-order valence-corrected chi connectivity index (χ4v) is 3.91. The number of ether oxygens (including phenoxy) is 2. The number of hydrogen-bond donors (Lipinski definition) is 1. The van der Waals surface area contributed by atoms with Crippen LogP contribution in [0.3, 0.4) is 0 Å². The number of nitrogens with zero attached hydrogens (tertiary/aromatic N) is 4. The zero-order valence-corrected chi connectivity index (χ0v) is 21.6. The molecule has 0 saturated carbocycles. The van der Waals surface area contributed by atoms with Crippen LogP contribution in [0.1, 0.15) is 44.5 Å². The number of imidazole rings is 1. The maximum Gasteiger partial charge on any atom is 0.194 e. The Hall–Kier alpha value is -1.97. The van der Waals surface area contributed by atoms with Gasteiger partial charge >= 0.3 is 0 Å². The summed E-state index contributed by atoms with van der Waals surface area (Å²) in [5.41, 5.74) is 1.25. The van der Waals surface area contributed by atoms with Gasteiger partial charge in [-0.3, -0.25) is 0 Å². The molecule has 1 aliphatic rings. The van der Waals surface area contributed by atoms with Crippen LogP contribution in [0.4, 0.5) is 0 Å². The van der Waals surface area contributed by atoms with Crippen LogP contribution in [0.5, 0.6) is 11.5 Å². The van der Waals surface area contributed by atoms with E-state index in [0.29, 0.717) is 18.4 Å². The molecule has 1 unspecified atom stereocenters. The van der Waals surface area contributed by atoms with Crippen molar-refractivity contribution in [2.24, 2.45) is 10.9 Å². The number of nitrogens with one attached hydrogen (secondary N) is 1. The Morgan fingerprint density at radius 2 is 1.94 bits per heavy atom. The summed E-state index contributed by atoms with van der Waals surface area (Å²) in [4.78, 5) is 11.8. The number of guanidine groups is 1. The molecule has 1 N–H and O–H groups in total. The second kappa shape index (κ2) is 12.2. The fraction of sp³-hybridized carbons (Fsp3) is 0.565. The minimum atomic E-state index is 0. The van der Waals surface area contributed by atoms with E-state index < -0.39 is 0 Å². The van der Waals surface area contributed by atoms with Crippen molar-refractivity contribution in [3.63, 3.8) is 0 Å². The first-order valence-corrected chi connectivity index (χ1v) is 10.8. The molecule has 0 bridgehead atoms. The van der Waals surface area contributed by atoms with E-state index in [9.17, 15) is 0 Å². The largest absolute Gasteiger partial charge is 0.497 e. The monoisotopic (exact) mass is 541 g/mol. The summed E-state index contributed by atoms with van der Waals surface area (Å²) in [6.07, 6.45) is 4.98. The Bertz CT molecular complexity index is 830. The predicted molar refractivity (Wildman–Crippen MR) is 136 cm³/mol. The van der Waals surface area contributed by atoms with Crippen LogP contribution in [0.2, 0.25) is 0 Å². The van der Waals surface area contributed by atoms with E-state index in [4.69, 9.17) is 14.5 Å². The Labute approximate surface area is 203 Å². The van der Waals surface area contributed by atoms with Gasteiger partial charge in [-0.15, -0.1) is 24.0 Å². The number of benzene rings is 1. The highest BCUT2D eigenvalue weighted by Crippen LogP contribution is 2.33. The van der Waals surface area contributed by atoms with E-state index in [0.717, 1.165) is 55.9 Å². The van der Waals surface area contributed by atoms with Gasteiger partial charge in [-0.05, 0) is 37.0 Å². The summed E-state index contributed by atoms with van der Waals surface area (Å²) >= 11 is 0. The molecule has 2 heterocycles. The summed E-state index contributed by atoms with van der Waals surface area (Å²) in [6.45, 7) is 10.8. The van der Waals surface area contributed by atoms with Crippen molar-refractivity contribution >= 4 is 29.9 Å². The molecule has 2 aromatic rings. The number of likely N-dealkylation sites (tertiary alicyclic amines) is 1. The van der Waals surface area contributed by atoms with Crippen molar-refractivity contribution in [3.8, 4) is 11.5 Å². The highest BCUT2D eigenvalue weighted by Gasteiger charge is 2.27. The molecule has 0 amide bonds. The quantitative estimate of drug-likeness (QED) is 0.310. The van der Waals surface area contributed by atoms with E-state index in [-0.39, 0.29) is 24.0 Å². The minimum Gasteiger partial charge on any atom is -0.497 e. The molecule has 8 heteroatoms. The SMILES string of the molecule is CCNC(=NCc1nccn1CC(C)C)N1CCC(c2cc(OC)cc(OC)c2)C1.I. The Balaban J connectivity index is 0.00000341. The lowest BCUT2D eigenvalue weighted by atomic mass is 9.98. The lowest BCUT2D eigenvalue weighted by molar-refractivity contribution is 0.392. The number of rotatable bonds is 8. The van der Waals surface area contributed by atoms with Gasteiger partial charge in [0.25, 0.3) is 0 Å². The minimum absolute atomic E-state index is 0. The Morgan fingerprint density at radius 3 is 2.55 bits per heavy atom. The van der Waals surface area contributed by atoms with Crippen molar-refractivity contribution in [1.82, 2.24) is 19.8 Å². The first-order chi connectivity index (χ1) is 14.5. The van der Waals surface area contributed by atoms with E-state index in [1.807, 2.05) is 18.5 Å². The van der Waals surface area contributed by atoms with Gasteiger partial charge in [-0.1, -0.05) is 13.8 Å². The molecule has 1 saturated heterocycles. The molecule has 3 rings (SSSR count). The van der Waals surface area contributed by atoms with Gasteiger partial charge in [-0.25, -0.2) is 9.98 Å². The molecule has 0 aliphatic carbocycles. The van der Waals surface area contributed by atoms with Crippen molar-refractivity contribution in [2.45, 2.75) is 46.2 Å². The molecule has 1 atom stereocenters. The van der Waals surface area contributed by atoms with E-state index in [2.05, 4.69) is 52.7 Å². The van der Waals surface area contributed by atoms with Crippen LogP contribution in [-0.2, 0) is 13.1 Å². The van der Waals surface area contributed by atoms with Crippen molar-refractivity contribution in [1.29, 1.82) is 0 Å². The molecule has 0 radical (unpaired) electrons. The zero-order valence-electron chi connectivity index (χ0n) is 19.3. The third-order valence-electron chi connectivity index (χ3n) is 5.40. The molecule has 1 aliphatic heterocycles. The van der Waals surface area contributed by atoms with Gasteiger partial charge in [-0.2, -0.15) is 0 Å². The second-order valence-electron chi connectivity index (χ2n) is 8.14. The topological polar surface area (TPSA) is 63.9 Å².